The van der Waals surface area contributed by atoms with E-state index in [-0.39, 0.29) is 11.9 Å². The first-order valence-corrected chi connectivity index (χ1v) is 10.7. The van der Waals surface area contributed by atoms with E-state index in [4.69, 9.17) is 10.1 Å². The van der Waals surface area contributed by atoms with Crippen LogP contribution in [0.1, 0.15) is 23.4 Å². The molecule has 0 bridgehead atoms. The van der Waals surface area contributed by atoms with Crippen molar-refractivity contribution >= 4 is 28.9 Å². The molecule has 4 aromatic rings. The van der Waals surface area contributed by atoms with Gasteiger partial charge in [-0.3, -0.25) is 9.78 Å². The van der Waals surface area contributed by atoms with Gasteiger partial charge in [-0.1, -0.05) is 18.2 Å². The van der Waals surface area contributed by atoms with Gasteiger partial charge in [-0.05, 0) is 55.1 Å². The van der Waals surface area contributed by atoms with Crippen molar-refractivity contribution in [3.05, 3.63) is 88.0 Å². The molecule has 0 radical (unpaired) electrons. The number of aryl methyl sites for hydroxylation is 1. The number of benzene rings is 1. The van der Waals surface area contributed by atoms with Crippen LogP contribution >= 0.6 is 11.3 Å². The molecule has 8 heteroatoms. The summed E-state index contributed by atoms with van der Waals surface area (Å²) < 4.78 is 1.81. The second-order valence-electron chi connectivity index (χ2n) is 7.29. The zero-order valence-electron chi connectivity index (χ0n) is 17.0. The van der Waals surface area contributed by atoms with Crippen molar-refractivity contribution in [3.63, 3.8) is 0 Å². The number of amides is 1. The van der Waals surface area contributed by atoms with Crippen LogP contribution in [0.5, 0.6) is 0 Å². The van der Waals surface area contributed by atoms with Crippen LogP contribution in [0.15, 0.2) is 77.6 Å². The maximum Gasteiger partial charge on any atom is 0.255 e. The van der Waals surface area contributed by atoms with E-state index in [9.17, 15) is 4.79 Å². The molecule has 0 aliphatic carbocycles. The lowest BCUT2D eigenvalue weighted by atomic mass is 9.99. The van der Waals surface area contributed by atoms with Crippen molar-refractivity contribution in [1.29, 1.82) is 0 Å². The summed E-state index contributed by atoms with van der Waals surface area (Å²) in [6.45, 7) is 3.95. The van der Waals surface area contributed by atoms with Crippen molar-refractivity contribution in [1.82, 2.24) is 19.7 Å². The van der Waals surface area contributed by atoms with Crippen LogP contribution in [0.2, 0.25) is 0 Å². The Bertz CT molecular complexity index is 1280. The van der Waals surface area contributed by atoms with E-state index >= 15 is 0 Å². The number of nitrogens with one attached hydrogen (secondary N) is 2. The lowest BCUT2D eigenvalue weighted by molar-refractivity contribution is -0.113. The fraction of sp³-hybridized carbons (Fsp3) is 0.130. The van der Waals surface area contributed by atoms with E-state index in [0.29, 0.717) is 17.3 Å². The van der Waals surface area contributed by atoms with Gasteiger partial charge in [-0.25, -0.2) is 4.68 Å². The van der Waals surface area contributed by atoms with Crippen LogP contribution in [0.25, 0.3) is 11.4 Å². The van der Waals surface area contributed by atoms with Gasteiger partial charge >= 0.3 is 0 Å². The Balaban J connectivity index is 1.61. The Morgan fingerprint density at radius 1 is 1.10 bits per heavy atom. The molecule has 1 aliphatic heterocycles. The highest BCUT2D eigenvalue weighted by molar-refractivity contribution is 7.10. The Kier molecular flexibility index (Phi) is 4.83. The lowest BCUT2D eigenvalue weighted by Gasteiger charge is -2.28. The minimum atomic E-state index is -0.372. The molecule has 1 atom stereocenters. The average Bonchev–Trinajstić information content (AvgIpc) is 3.40. The highest BCUT2D eigenvalue weighted by Crippen LogP contribution is 2.40. The molecule has 7 nitrogen and oxygen atoms in total. The summed E-state index contributed by atoms with van der Waals surface area (Å²) in [5, 5.41) is 13.1. The minimum absolute atomic E-state index is 0.166. The van der Waals surface area contributed by atoms with Crippen molar-refractivity contribution < 1.29 is 4.79 Å². The average molecular weight is 429 g/mol. The normalized spacial score (nSPS) is 15.4. The number of allylic oxidation sites excluding steroid dienone is 1. The molecule has 5 rings (SSSR count). The molecule has 0 saturated carbocycles. The number of fused-ring (bicyclic) bond motifs is 1. The summed E-state index contributed by atoms with van der Waals surface area (Å²) in [4.78, 5) is 23.2. The van der Waals surface area contributed by atoms with Gasteiger partial charge in [-0.15, -0.1) is 16.4 Å². The molecule has 2 N–H and O–H groups in total. The Morgan fingerprint density at radius 2 is 1.87 bits per heavy atom. The number of hydrogen-bond donors (Lipinski definition) is 2. The largest absolute Gasteiger partial charge is 0.328 e. The third-order valence-electron chi connectivity index (χ3n) is 5.22. The fourth-order valence-electron chi connectivity index (χ4n) is 3.70. The zero-order chi connectivity index (χ0) is 21.4. The van der Waals surface area contributed by atoms with Crippen molar-refractivity contribution in [2.24, 2.45) is 0 Å². The number of nitrogens with zero attached hydrogens (tertiary/aromatic N) is 4. The van der Waals surface area contributed by atoms with Gasteiger partial charge in [0.1, 0.15) is 6.04 Å². The number of thiophene rings is 1. The maximum atomic E-state index is 13.4. The van der Waals surface area contributed by atoms with Gasteiger partial charge < -0.3 is 10.6 Å². The van der Waals surface area contributed by atoms with Gasteiger partial charge in [0.2, 0.25) is 5.95 Å². The van der Waals surface area contributed by atoms with Crippen LogP contribution in [0, 0.1) is 6.92 Å². The summed E-state index contributed by atoms with van der Waals surface area (Å²) in [6.07, 6.45) is 3.43. The molecule has 0 spiro atoms. The minimum Gasteiger partial charge on any atom is -0.328 e. The van der Waals surface area contributed by atoms with Crippen molar-refractivity contribution in [2.45, 2.75) is 19.9 Å². The first kappa shape index (κ1) is 19.2. The monoisotopic (exact) mass is 428 g/mol. The van der Waals surface area contributed by atoms with Gasteiger partial charge in [0.05, 0.1) is 5.57 Å². The molecule has 1 aliphatic rings. The molecule has 31 heavy (non-hydrogen) atoms. The van der Waals surface area contributed by atoms with Crippen LogP contribution in [0.4, 0.5) is 11.6 Å². The van der Waals surface area contributed by atoms with E-state index in [2.05, 4.69) is 28.6 Å². The summed E-state index contributed by atoms with van der Waals surface area (Å²) >= 11 is 1.61. The molecule has 0 saturated heterocycles. The summed E-state index contributed by atoms with van der Waals surface area (Å²) in [5.74, 6) is 1.03. The summed E-state index contributed by atoms with van der Waals surface area (Å²) in [7, 11) is 0. The van der Waals surface area contributed by atoms with Gasteiger partial charge in [0.15, 0.2) is 5.82 Å². The van der Waals surface area contributed by atoms with E-state index in [1.807, 2.05) is 59.5 Å². The van der Waals surface area contributed by atoms with Crippen molar-refractivity contribution in [2.75, 3.05) is 10.6 Å². The SMILES string of the molecule is CC1=C(C(=O)Nc2ccccc2)C(c2sccc2C)n2nc(-c3ccncc3)nc2N1. The van der Waals surface area contributed by atoms with Crippen LogP contribution in [-0.4, -0.2) is 25.7 Å². The van der Waals surface area contributed by atoms with Crippen LogP contribution < -0.4 is 10.6 Å². The molecule has 1 unspecified atom stereocenters. The zero-order valence-corrected chi connectivity index (χ0v) is 17.9. The third-order valence-corrected chi connectivity index (χ3v) is 6.29. The fourth-order valence-corrected chi connectivity index (χ4v) is 4.71. The Hall–Kier alpha value is -3.78. The number of hydrogen-bond acceptors (Lipinski definition) is 6. The van der Waals surface area contributed by atoms with Gasteiger partial charge in [0.25, 0.3) is 5.91 Å². The Morgan fingerprint density at radius 3 is 2.58 bits per heavy atom. The number of carbonyl (C=O) groups excluding carboxylic acids is 1. The van der Waals surface area contributed by atoms with E-state index < -0.39 is 0 Å². The topological polar surface area (TPSA) is 84.7 Å². The number of para-hydroxylation sites is 1. The lowest BCUT2D eigenvalue weighted by Crippen LogP contribution is -2.31. The summed E-state index contributed by atoms with van der Waals surface area (Å²) in [6, 6.07) is 14.9. The second kappa shape index (κ2) is 7.81. The van der Waals surface area contributed by atoms with Gasteiger partial charge in [0, 0.05) is 34.2 Å². The van der Waals surface area contributed by atoms with Crippen LogP contribution in [0.3, 0.4) is 0 Å². The number of rotatable bonds is 4. The third kappa shape index (κ3) is 3.51. The predicted octanol–water partition coefficient (Wildman–Crippen LogP) is 4.64. The van der Waals surface area contributed by atoms with Crippen molar-refractivity contribution in [3.8, 4) is 11.4 Å². The summed E-state index contributed by atoms with van der Waals surface area (Å²) in [5.41, 5.74) is 4.10. The molecular weight excluding hydrogens is 408 g/mol. The number of aromatic nitrogens is 4. The molecular formula is C23H20N6OS. The molecule has 0 fully saturated rings. The number of pyridine rings is 1. The quantitative estimate of drug-likeness (QED) is 0.495. The number of carbonyl (C=O) groups is 1. The van der Waals surface area contributed by atoms with E-state index in [1.165, 1.54) is 0 Å². The van der Waals surface area contributed by atoms with E-state index in [0.717, 1.165) is 27.4 Å². The smallest absolute Gasteiger partial charge is 0.255 e. The number of anilines is 2. The highest BCUT2D eigenvalue weighted by Gasteiger charge is 2.35. The Labute approximate surface area is 183 Å². The van der Waals surface area contributed by atoms with Crippen LogP contribution in [-0.2, 0) is 4.79 Å². The highest BCUT2D eigenvalue weighted by atomic mass is 32.1. The van der Waals surface area contributed by atoms with Gasteiger partial charge in [-0.2, -0.15) is 4.98 Å². The first-order chi connectivity index (χ1) is 15.1. The molecule has 3 aromatic heterocycles. The standard InChI is InChI=1S/C23H20N6OS/c1-14-10-13-31-20(14)19-18(22(30)26-17-6-4-3-5-7-17)15(2)25-23-27-21(28-29(19)23)16-8-11-24-12-9-16/h3-13,19H,1-2H3,(H,26,30)(H,25,27,28). The van der Waals surface area contributed by atoms with E-state index in [1.54, 1.807) is 23.7 Å². The second-order valence-corrected chi connectivity index (χ2v) is 8.24. The maximum absolute atomic E-state index is 13.4. The molecule has 1 amide bonds. The molecule has 4 heterocycles. The first-order valence-electron chi connectivity index (χ1n) is 9.87. The molecule has 154 valence electrons. The molecule has 1 aromatic carbocycles. The predicted molar refractivity (Wildman–Crippen MR) is 122 cm³/mol.